The molecule has 4 heteroatoms. The fourth-order valence-electron chi connectivity index (χ4n) is 1.77. The van der Waals surface area contributed by atoms with Gasteiger partial charge in [0, 0.05) is 22.6 Å². The molecule has 3 nitrogen and oxygen atoms in total. The number of halogens is 1. The van der Waals surface area contributed by atoms with Gasteiger partial charge in [-0.1, -0.05) is 15.9 Å². The first-order valence-corrected chi connectivity index (χ1v) is 5.21. The lowest BCUT2D eigenvalue weighted by atomic mass is 9.98. The third-order valence-electron chi connectivity index (χ3n) is 2.41. The van der Waals surface area contributed by atoms with Gasteiger partial charge in [0.2, 0.25) is 0 Å². The lowest BCUT2D eigenvalue weighted by molar-refractivity contribution is -0.137. The maximum Gasteiger partial charge on any atom is 0.304 e. The highest BCUT2D eigenvalue weighted by atomic mass is 79.9. The maximum absolute atomic E-state index is 10.6. The van der Waals surface area contributed by atoms with Crippen molar-refractivity contribution in [1.82, 2.24) is 0 Å². The van der Waals surface area contributed by atoms with E-state index in [9.17, 15) is 4.79 Å². The van der Waals surface area contributed by atoms with Gasteiger partial charge in [-0.05, 0) is 23.8 Å². The summed E-state index contributed by atoms with van der Waals surface area (Å²) < 4.78 is 0.996. The first kappa shape index (κ1) is 9.52. The Hall–Kier alpha value is -1.03. The Balaban J connectivity index is 2.28. The van der Waals surface area contributed by atoms with E-state index < -0.39 is 5.97 Å². The normalized spacial score (nSPS) is 18.8. The molecule has 1 aromatic rings. The van der Waals surface area contributed by atoms with Crippen LogP contribution in [0.2, 0.25) is 0 Å². The molecule has 2 rings (SSSR count). The second kappa shape index (κ2) is 3.61. The van der Waals surface area contributed by atoms with E-state index in [-0.39, 0.29) is 12.3 Å². The van der Waals surface area contributed by atoms with E-state index in [1.807, 2.05) is 18.2 Å². The largest absolute Gasteiger partial charge is 0.481 e. The molecule has 1 heterocycles. The van der Waals surface area contributed by atoms with E-state index in [0.29, 0.717) is 0 Å². The van der Waals surface area contributed by atoms with Crippen LogP contribution >= 0.6 is 15.9 Å². The molecule has 1 atom stereocenters. The Bertz CT molecular complexity index is 378. The van der Waals surface area contributed by atoms with Gasteiger partial charge in [-0.3, -0.25) is 4.79 Å². The Labute approximate surface area is 90.3 Å². The summed E-state index contributed by atoms with van der Waals surface area (Å²) in [6, 6.07) is 5.92. The van der Waals surface area contributed by atoms with Crippen LogP contribution in [-0.2, 0) is 4.79 Å². The SMILES string of the molecule is O=C(O)C[C@@H]1CNc2ccc(Br)cc21. The number of hydrogen-bond acceptors (Lipinski definition) is 2. The van der Waals surface area contributed by atoms with E-state index in [2.05, 4.69) is 21.2 Å². The first-order valence-electron chi connectivity index (χ1n) is 4.42. The predicted molar refractivity (Wildman–Crippen MR) is 57.6 cm³/mol. The van der Waals surface area contributed by atoms with E-state index >= 15 is 0 Å². The minimum absolute atomic E-state index is 0.0972. The van der Waals surface area contributed by atoms with Gasteiger partial charge in [-0.2, -0.15) is 0 Å². The van der Waals surface area contributed by atoms with Crippen LogP contribution in [0.15, 0.2) is 22.7 Å². The van der Waals surface area contributed by atoms with Gasteiger partial charge in [0.25, 0.3) is 0 Å². The number of aliphatic carboxylic acids is 1. The second-order valence-corrected chi connectivity index (χ2v) is 4.32. The molecule has 0 aromatic heterocycles. The zero-order valence-electron chi connectivity index (χ0n) is 7.46. The number of hydrogen-bond donors (Lipinski definition) is 2. The highest BCUT2D eigenvalue weighted by molar-refractivity contribution is 9.10. The van der Waals surface area contributed by atoms with Crippen molar-refractivity contribution in [3.63, 3.8) is 0 Å². The summed E-state index contributed by atoms with van der Waals surface area (Å²) in [5.41, 5.74) is 2.15. The molecule has 0 unspecified atom stereocenters. The van der Waals surface area contributed by atoms with Crippen LogP contribution in [0, 0.1) is 0 Å². The molecule has 1 aliphatic heterocycles. The van der Waals surface area contributed by atoms with Crippen molar-refractivity contribution < 1.29 is 9.90 Å². The van der Waals surface area contributed by atoms with Gasteiger partial charge in [-0.15, -0.1) is 0 Å². The molecule has 2 N–H and O–H groups in total. The number of carboxylic acid groups (broad SMARTS) is 1. The Morgan fingerprint density at radius 1 is 1.64 bits per heavy atom. The topological polar surface area (TPSA) is 49.3 Å². The molecule has 74 valence electrons. The van der Waals surface area contributed by atoms with Gasteiger partial charge in [0.05, 0.1) is 6.42 Å². The van der Waals surface area contributed by atoms with E-state index in [1.165, 1.54) is 0 Å². The van der Waals surface area contributed by atoms with Crippen LogP contribution in [0.1, 0.15) is 17.9 Å². The summed E-state index contributed by atoms with van der Waals surface area (Å²) in [5, 5.41) is 11.9. The zero-order valence-corrected chi connectivity index (χ0v) is 9.04. The average molecular weight is 256 g/mol. The van der Waals surface area contributed by atoms with Crippen molar-refractivity contribution >= 4 is 27.6 Å². The van der Waals surface area contributed by atoms with Crippen molar-refractivity contribution in [2.45, 2.75) is 12.3 Å². The van der Waals surface area contributed by atoms with Crippen molar-refractivity contribution in [1.29, 1.82) is 0 Å². The summed E-state index contributed by atoms with van der Waals surface area (Å²) in [4.78, 5) is 10.6. The maximum atomic E-state index is 10.6. The molecule has 0 amide bonds. The minimum Gasteiger partial charge on any atom is -0.481 e. The first-order chi connectivity index (χ1) is 6.66. The van der Waals surface area contributed by atoms with Gasteiger partial charge >= 0.3 is 5.97 Å². The Kier molecular flexibility index (Phi) is 2.46. The number of benzene rings is 1. The van der Waals surface area contributed by atoms with Crippen molar-refractivity contribution in [3.05, 3.63) is 28.2 Å². The lowest BCUT2D eigenvalue weighted by Crippen LogP contribution is -2.07. The molecule has 0 saturated heterocycles. The fraction of sp³-hybridized carbons (Fsp3) is 0.300. The van der Waals surface area contributed by atoms with Crippen LogP contribution in [-0.4, -0.2) is 17.6 Å². The number of rotatable bonds is 2. The van der Waals surface area contributed by atoms with Crippen LogP contribution in [0.4, 0.5) is 5.69 Å². The zero-order chi connectivity index (χ0) is 10.1. The molecule has 0 saturated carbocycles. The number of fused-ring (bicyclic) bond motifs is 1. The number of anilines is 1. The Morgan fingerprint density at radius 3 is 3.14 bits per heavy atom. The summed E-state index contributed by atoms with van der Waals surface area (Å²) in [7, 11) is 0. The van der Waals surface area contributed by atoms with Crippen LogP contribution in [0.5, 0.6) is 0 Å². The molecule has 0 fully saturated rings. The quantitative estimate of drug-likeness (QED) is 0.854. The van der Waals surface area contributed by atoms with Gasteiger partial charge < -0.3 is 10.4 Å². The summed E-state index contributed by atoms with van der Waals surface area (Å²) in [6.45, 7) is 0.720. The summed E-state index contributed by atoms with van der Waals surface area (Å²) in [6.07, 6.45) is 0.191. The van der Waals surface area contributed by atoms with E-state index in [1.54, 1.807) is 0 Å². The third-order valence-corrected chi connectivity index (χ3v) is 2.91. The molecule has 0 spiro atoms. The van der Waals surface area contributed by atoms with Gasteiger partial charge in [0.15, 0.2) is 0 Å². The molecule has 0 radical (unpaired) electrons. The van der Waals surface area contributed by atoms with Crippen LogP contribution < -0.4 is 5.32 Å². The molecule has 14 heavy (non-hydrogen) atoms. The van der Waals surface area contributed by atoms with Crippen molar-refractivity contribution in [2.24, 2.45) is 0 Å². The lowest BCUT2D eigenvalue weighted by Gasteiger charge is -2.06. The molecule has 1 aromatic carbocycles. The second-order valence-electron chi connectivity index (χ2n) is 3.41. The number of carbonyl (C=O) groups is 1. The summed E-state index contributed by atoms with van der Waals surface area (Å²) in [5.74, 6) is -0.648. The average Bonchev–Trinajstić information content (AvgIpc) is 2.47. The Morgan fingerprint density at radius 2 is 2.43 bits per heavy atom. The van der Waals surface area contributed by atoms with E-state index in [4.69, 9.17) is 5.11 Å². The van der Waals surface area contributed by atoms with Crippen molar-refractivity contribution in [3.8, 4) is 0 Å². The number of carboxylic acids is 1. The molecular formula is C10H10BrNO2. The predicted octanol–water partition coefficient (Wildman–Crippen LogP) is 2.43. The third kappa shape index (κ3) is 1.75. The van der Waals surface area contributed by atoms with Gasteiger partial charge in [-0.25, -0.2) is 0 Å². The highest BCUT2D eigenvalue weighted by Crippen LogP contribution is 2.35. The standard InChI is InChI=1S/C10H10BrNO2/c11-7-1-2-9-8(4-7)6(5-12-9)3-10(13)14/h1-2,4,6,12H,3,5H2,(H,13,14)/t6-/m1/s1. The van der Waals surface area contributed by atoms with Crippen LogP contribution in [0.3, 0.4) is 0 Å². The molecular weight excluding hydrogens is 246 g/mol. The molecule has 0 bridgehead atoms. The smallest absolute Gasteiger partial charge is 0.304 e. The molecule has 0 aliphatic carbocycles. The molecule has 1 aliphatic rings. The van der Waals surface area contributed by atoms with Gasteiger partial charge in [0.1, 0.15) is 0 Å². The monoisotopic (exact) mass is 255 g/mol. The number of nitrogens with one attached hydrogen (secondary N) is 1. The van der Waals surface area contributed by atoms with Crippen molar-refractivity contribution in [2.75, 3.05) is 11.9 Å². The summed E-state index contributed by atoms with van der Waals surface area (Å²) >= 11 is 3.38. The van der Waals surface area contributed by atoms with E-state index in [0.717, 1.165) is 22.3 Å². The highest BCUT2D eigenvalue weighted by Gasteiger charge is 2.24. The minimum atomic E-state index is -0.746. The fourth-order valence-corrected chi connectivity index (χ4v) is 2.15. The van der Waals surface area contributed by atoms with Crippen LogP contribution in [0.25, 0.3) is 0 Å².